The van der Waals surface area contributed by atoms with E-state index in [0.29, 0.717) is 5.56 Å². The Morgan fingerprint density at radius 2 is 1.43 bits per heavy atom. The van der Waals surface area contributed by atoms with E-state index in [2.05, 4.69) is 20.9 Å². The van der Waals surface area contributed by atoms with Gasteiger partial charge >= 0.3 is 5.97 Å². The van der Waals surface area contributed by atoms with Crippen LogP contribution >= 0.6 is 0 Å². The van der Waals surface area contributed by atoms with Gasteiger partial charge in [0.25, 0.3) is 0 Å². The van der Waals surface area contributed by atoms with Crippen molar-refractivity contribution in [1.29, 1.82) is 0 Å². The Hall–Kier alpha value is -4.40. The Balaban J connectivity index is 3.04. The van der Waals surface area contributed by atoms with Crippen molar-refractivity contribution < 1.29 is 34.2 Å². The molecular formula is C25H40N8O7. The molecule has 0 saturated heterocycles. The zero-order valence-corrected chi connectivity index (χ0v) is 22.6. The number of nitrogens with zero attached hydrogens (tertiary/aromatic N) is 1. The van der Waals surface area contributed by atoms with Crippen LogP contribution in [0, 0.1) is 5.92 Å². The molecule has 0 spiro atoms. The van der Waals surface area contributed by atoms with Crippen LogP contribution in [0.5, 0.6) is 5.75 Å². The first-order valence-electron chi connectivity index (χ1n) is 12.7. The molecule has 15 nitrogen and oxygen atoms in total. The van der Waals surface area contributed by atoms with E-state index in [1.165, 1.54) is 12.1 Å². The number of nitrogens with one attached hydrogen (secondary N) is 3. The zero-order valence-electron chi connectivity index (χ0n) is 22.6. The maximum absolute atomic E-state index is 13.3. The van der Waals surface area contributed by atoms with Crippen molar-refractivity contribution in [1.82, 2.24) is 16.0 Å². The van der Waals surface area contributed by atoms with Crippen LogP contribution in [0.3, 0.4) is 0 Å². The summed E-state index contributed by atoms with van der Waals surface area (Å²) in [4.78, 5) is 65.6. The van der Waals surface area contributed by atoms with Crippen LogP contribution < -0.4 is 38.9 Å². The third-order valence-corrected chi connectivity index (χ3v) is 5.67. The normalized spacial score (nSPS) is 13.8. The molecule has 0 fully saturated rings. The van der Waals surface area contributed by atoms with Crippen LogP contribution in [-0.2, 0) is 30.4 Å². The first-order valence-corrected chi connectivity index (χ1v) is 12.7. The minimum Gasteiger partial charge on any atom is -0.508 e. The molecule has 4 atom stereocenters. The monoisotopic (exact) mass is 564 g/mol. The summed E-state index contributed by atoms with van der Waals surface area (Å²) >= 11 is 0. The lowest BCUT2D eigenvalue weighted by atomic mass is 10.0. The average Bonchev–Trinajstić information content (AvgIpc) is 2.85. The van der Waals surface area contributed by atoms with Crippen LogP contribution in [0.1, 0.15) is 45.1 Å². The molecule has 0 aliphatic rings. The van der Waals surface area contributed by atoms with Crippen molar-refractivity contribution in [2.24, 2.45) is 33.8 Å². The molecule has 222 valence electrons. The topological polar surface area (TPSA) is 278 Å². The number of phenolic OH excluding ortho intramolecular Hbond substituents is 1. The van der Waals surface area contributed by atoms with Gasteiger partial charge in [0, 0.05) is 6.54 Å². The number of carboxylic acid groups (broad SMARTS) is 1. The highest BCUT2D eigenvalue weighted by Gasteiger charge is 2.31. The molecule has 0 bridgehead atoms. The van der Waals surface area contributed by atoms with Crippen molar-refractivity contribution in [3.63, 3.8) is 0 Å². The number of benzene rings is 1. The molecule has 0 heterocycles. The van der Waals surface area contributed by atoms with E-state index in [-0.39, 0.29) is 49.9 Å². The zero-order chi connectivity index (χ0) is 30.4. The lowest BCUT2D eigenvalue weighted by Crippen LogP contribution is -2.57. The molecule has 0 radical (unpaired) electrons. The summed E-state index contributed by atoms with van der Waals surface area (Å²) in [6.45, 7) is 3.80. The average molecular weight is 565 g/mol. The second-order valence-corrected chi connectivity index (χ2v) is 9.75. The van der Waals surface area contributed by atoms with Gasteiger partial charge in [0.05, 0.1) is 12.5 Å². The van der Waals surface area contributed by atoms with Gasteiger partial charge in [-0.15, -0.1) is 0 Å². The molecule has 1 aromatic carbocycles. The SMILES string of the molecule is CC(C)CC(NC(=O)C(N)Cc1ccc(O)cc1)C(=O)NC(CCCN=C(N)N)C(=O)NC(CC(N)=O)C(=O)O. The molecule has 15 heteroatoms. The molecule has 4 amide bonds. The largest absolute Gasteiger partial charge is 0.508 e. The van der Waals surface area contributed by atoms with E-state index >= 15 is 0 Å². The molecule has 0 aliphatic carbocycles. The van der Waals surface area contributed by atoms with Crippen molar-refractivity contribution >= 4 is 35.6 Å². The van der Waals surface area contributed by atoms with Crippen LogP contribution in [0.15, 0.2) is 29.3 Å². The Labute approximate surface area is 232 Å². The summed E-state index contributed by atoms with van der Waals surface area (Å²) in [5, 5.41) is 26.2. The number of phenols is 1. The van der Waals surface area contributed by atoms with Gasteiger partial charge in [0.1, 0.15) is 23.9 Å². The second-order valence-electron chi connectivity index (χ2n) is 9.75. The second kappa shape index (κ2) is 16.5. The molecular weight excluding hydrogens is 524 g/mol. The highest BCUT2D eigenvalue weighted by Crippen LogP contribution is 2.12. The Kier molecular flexibility index (Phi) is 13.9. The number of amides is 4. The first kappa shape index (κ1) is 33.6. The van der Waals surface area contributed by atoms with Crippen LogP contribution in [0.25, 0.3) is 0 Å². The number of aliphatic imine (C=N–C) groups is 1. The van der Waals surface area contributed by atoms with E-state index < -0.39 is 60.2 Å². The highest BCUT2D eigenvalue weighted by molar-refractivity contribution is 5.95. The summed E-state index contributed by atoms with van der Waals surface area (Å²) in [6, 6.07) is 1.25. The molecule has 4 unspecified atom stereocenters. The number of primary amides is 1. The maximum atomic E-state index is 13.3. The fraction of sp³-hybridized carbons (Fsp3) is 0.520. The first-order chi connectivity index (χ1) is 18.7. The number of hydrogen-bond acceptors (Lipinski definition) is 8. The summed E-state index contributed by atoms with van der Waals surface area (Å²) in [7, 11) is 0. The summed E-state index contributed by atoms with van der Waals surface area (Å²) in [6.07, 6.45) is -0.0388. The van der Waals surface area contributed by atoms with E-state index in [0.717, 1.165) is 0 Å². The van der Waals surface area contributed by atoms with Gasteiger partial charge in [0.15, 0.2) is 5.96 Å². The Morgan fingerprint density at radius 1 is 0.875 bits per heavy atom. The number of aromatic hydroxyl groups is 1. The molecule has 1 aromatic rings. The van der Waals surface area contributed by atoms with Gasteiger partial charge in [-0.3, -0.25) is 24.2 Å². The Bertz CT molecular complexity index is 1060. The quantitative estimate of drug-likeness (QED) is 0.0558. The third-order valence-electron chi connectivity index (χ3n) is 5.67. The van der Waals surface area contributed by atoms with Crippen molar-refractivity contribution in [2.75, 3.05) is 6.54 Å². The number of nitrogens with two attached hydrogens (primary N) is 4. The van der Waals surface area contributed by atoms with Crippen LogP contribution in [0.2, 0.25) is 0 Å². The standard InChI is InChI=1S/C25H40N8O7/c1-13(2)10-18(32-21(36)16(26)11-14-5-7-15(34)8-6-14)23(38)31-17(4-3-9-30-25(28)29)22(37)33-19(24(39)40)12-20(27)35/h5-8,13,16-19,34H,3-4,9-12,26H2,1-2H3,(H2,27,35)(H,31,38)(H,32,36)(H,33,37)(H,39,40)(H4,28,29,30). The van der Waals surface area contributed by atoms with Gasteiger partial charge in [-0.05, 0) is 49.3 Å². The predicted molar refractivity (Wildman–Crippen MR) is 146 cm³/mol. The number of hydrogen-bond donors (Lipinski definition) is 9. The van der Waals surface area contributed by atoms with Crippen molar-refractivity contribution in [2.45, 2.75) is 70.1 Å². The maximum Gasteiger partial charge on any atom is 0.326 e. The fourth-order valence-corrected chi connectivity index (χ4v) is 3.68. The highest BCUT2D eigenvalue weighted by atomic mass is 16.4. The van der Waals surface area contributed by atoms with Crippen LogP contribution in [0.4, 0.5) is 0 Å². The number of aliphatic carboxylic acids is 1. The molecule has 40 heavy (non-hydrogen) atoms. The van der Waals surface area contributed by atoms with Crippen LogP contribution in [-0.4, -0.2) is 76.5 Å². The number of carbonyl (C=O) groups excluding carboxylic acids is 4. The van der Waals surface area contributed by atoms with Gasteiger partial charge in [-0.2, -0.15) is 0 Å². The van der Waals surface area contributed by atoms with Gasteiger partial charge in [-0.25, -0.2) is 4.79 Å². The lowest BCUT2D eigenvalue weighted by molar-refractivity contribution is -0.143. The van der Waals surface area contributed by atoms with Gasteiger partial charge < -0.3 is 49.1 Å². The number of carbonyl (C=O) groups is 5. The van der Waals surface area contributed by atoms with E-state index in [9.17, 15) is 34.2 Å². The van der Waals surface area contributed by atoms with E-state index in [1.807, 2.05) is 13.8 Å². The summed E-state index contributed by atoms with van der Waals surface area (Å²) in [5.41, 5.74) is 22.5. The molecule has 0 aromatic heterocycles. The lowest BCUT2D eigenvalue weighted by Gasteiger charge is -2.26. The smallest absolute Gasteiger partial charge is 0.326 e. The summed E-state index contributed by atoms with van der Waals surface area (Å²) < 4.78 is 0. The number of guanidine groups is 1. The van der Waals surface area contributed by atoms with Gasteiger partial charge in [0.2, 0.25) is 23.6 Å². The van der Waals surface area contributed by atoms with Gasteiger partial charge in [-0.1, -0.05) is 26.0 Å². The summed E-state index contributed by atoms with van der Waals surface area (Å²) in [5.74, 6) is -4.72. The fourth-order valence-electron chi connectivity index (χ4n) is 3.68. The molecule has 1 rings (SSSR count). The Morgan fingerprint density at radius 3 is 1.95 bits per heavy atom. The number of rotatable bonds is 17. The minimum atomic E-state index is -1.61. The molecule has 0 saturated carbocycles. The molecule has 0 aliphatic heterocycles. The van der Waals surface area contributed by atoms with Crippen molar-refractivity contribution in [3.05, 3.63) is 29.8 Å². The van der Waals surface area contributed by atoms with E-state index in [4.69, 9.17) is 22.9 Å². The molecule has 13 N–H and O–H groups in total. The third kappa shape index (κ3) is 12.9. The van der Waals surface area contributed by atoms with E-state index in [1.54, 1.807) is 12.1 Å². The van der Waals surface area contributed by atoms with Crippen molar-refractivity contribution in [3.8, 4) is 5.75 Å². The number of carboxylic acids is 1. The predicted octanol–water partition coefficient (Wildman–Crippen LogP) is -2.22. The minimum absolute atomic E-state index is 0.0139.